The van der Waals surface area contributed by atoms with Gasteiger partial charge in [-0.05, 0) is 35.9 Å². The topological polar surface area (TPSA) is 44.1 Å². The monoisotopic (exact) mass is 396 g/mol. The summed E-state index contributed by atoms with van der Waals surface area (Å²) in [7, 11) is 1.78. The van der Waals surface area contributed by atoms with Crippen LogP contribution in [0.15, 0.2) is 71.5 Å². The molecular weight excluding hydrogens is 380 g/mol. The average molecular weight is 397 g/mol. The van der Waals surface area contributed by atoms with Crippen LogP contribution in [0.5, 0.6) is 5.75 Å². The molecule has 0 saturated heterocycles. The number of nitrogens with zero attached hydrogens (tertiary/aromatic N) is 2. The van der Waals surface area contributed by atoms with Crippen molar-refractivity contribution in [2.45, 2.75) is 6.61 Å². The standard InChI is InChI=1S/C20H17BrN2O2/c1-23-13-17(12-22-23)19(24)9-7-16-11-18(21)8-10-20(16)25-14-15-5-3-2-4-6-15/h2-13H,14H2,1H3. The lowest BCUT2D eigenvalue weighted by atomic mass is 10.1. The van der Waals surface area contributed by atoms with Crippen LogP contribution in [0.25, 0.3) is 6.08 Å². The number of ether oxygens (including phenoxy) is 1. The molecule has 0 unspecified atom stereocenters. The van der Waals surface area contributed by atoms with Gasteiger partial charge in [-0.2, -0.15) is 5.10 Å². The molecule has 0 aliphatic rings. The molecule has 0 fully saturated rings. The van der Waals surface area contributed by atoms with Gasteiger partial charge < -0.3 is 4.74 Å². The smallest absolute Gasteiger partial charge is 0.189 e. The summed E-state index contributed by atoms with van der Waals surface area (Å²) in [5, 5.41) is 4.02. The molecule has 25 heavy (non-hydrogen) atoms. The number of carbonyl (C=O) groups excluding carboxylic acids is 1. The molecule has 1 aromatic heterocycles. The molecule has 4 nitrogen and oxygen atoms in total. The van der Waals surface area contributed by atoms with Gasteiger partial charge in [-0.25, -0.2) is 0 Å². The van der Waals surface area contributed by atoms with E-state index in [1.165, 1.54) is 6.08 Å². The van der Waals surface area contributed by atoms with Gasteiger partial charge in [0.15, 0.2) is 5.78 Å². The van der Waals surface area contributed by atoms with E-state index in [9.17, 15) is 4.79 Å². The summed E-state index contributed by atoms with van der Waals surface area (Å²) in [5.74, 6) is 0.629. The molecule has 0 N–H and O–H groups in total. The summed E-state index contributed by atoms with van der Waals surface area (Å²) >= 11 is 3.46. The van der Waals surface area contributed by atoms with E-state index < -0.39 is 0 Å². The summed E-state index contributed by atoms with van der Waals surface area (Å²) in [5.41, 5.74) is 2.48. The highest BCUT2D eigenvalue weighted by Crippen LogP contribution is 2.25. The minimum Gasteiger partial charge on any atom is -0.488 e. The molecule has 3 rings (SSSR count). The van der Waals surface area contributed by atoms with Crippen molar-refractivity contribution in [2.75, 3.05) is 0 Å². The van der Waals surface area contributed by atoms with E-state index in [4.69, 9.17) is 4.74 Å². The normalized spacial score (nSPS) is 11.0. The minimum atomic E-state index is -0.0953. The predicted octanol–water partition coefficient (Wildman–Crippen LogP) is 4.66. The van der Waals surface area contributed by atoms with Gasteiger partial charge in [0.25, 0.3) is 0 Å². The van der Waals surface area contributed by atoms with Crippen LogP contribution in [0, 0.1) is 0 Å². The zero-order valence-electron chi connectivity index (χ0n) is 13.7. The second kappa shape index (κ2) is 7.94. The van der Waals surface area contributed by atoms with E-state index in [1.807, 2.05) is 48.5 Å². The summed E-state index contributed by atoms with van der Waals surface area (Å²) in [4.78, 5) is 12.2. The van der Waals surface area contributed by atoms with Gasteiger partial charge in [-0.3, -0.25) is 9.48 Å². The molecule has 126 valence electrons. The number of rotatable bonds is 6. The molecule has 0 saturated carbocycles. The Morgan fingerprint density at radius 1 is 1.24 bits per heavy atom. The third-order valence-electron chi connectivity index (χ3n) is 3.61. The molecule has 0 radical (unpaired) electrons. The Kier molecular flexibility index (Phi) is 5.46. The van der Waals surface area contributed by atoms with Gasteiger partial charge in [0.2, 0.25) is 0 Å². The fraction of sp³-hybridized carbons (Fsp3) is 0.100. The number of ketones is 1. The first-order valence-corrected chi connectivity index (χ1v) is 8.58. The summed E-state index contributed by atoms with van der Waals surface area (Å²) in [6, 6.07) is 15.7. The highest BCUT2D eigenvalue weighted by molar-refractivity contribution is 9.10. The van der Waals surface area contributed by atoms with Crippen molar-refractivity contribution >= 4 is 27.8 Å². The Balaban J connectivity index is 1.77. The van der Waals surface area contributed by atoms with Crippen molar-refractivity contribution in [1.82, 2.24) is 9.78 Å². The second-order valence-electron chi connectivity index (χ2n) is 5.56. The van der Waals surface area contributed by atoms with E-state index in [0.717, 1.165) is 21.3 Å². The van der Waals surface area contributed by atoms with Crippen molar-refractivity contribution in [3.8, 4) is 5.75 Å². The van der Waals surface area contributed by atoms with Crippen molar-refractivity contribution < 1.29 is 9.53 Å². The lowest BCUT2D eigenvalue weighted by Crippen LogP contribution is -1.97. The first-order valence-electron chi connectivity index (χ1n) is 7.79. The molecule has 0 bridgehead atoms. The van der Waals surface area contributed by atoms with Crippen LogP contribution >= 0.6 is 15.9 Å². The van der Waals surface area contributed by atoms with Crippen LogP contribution in [-0.2, 0) is 13.7 Å². The number of allylic oxidation sites excluding steroid dienone is 1. The quantitative estimate of drug-likeness (QED) is 0.449. The molecule has 0 aliphatic heterocycles. The summed E-state index contributed by atoms with van der Waals surface area (Å²) < 4.78 is 8.45. The molecule has 5 heteroatoms. The SMILES string of the molecule is Cn1cc(C(=O)C=Cc2cc(Br)ccc2OCc2ccccc2)cn1. The number of benzene rings is 2. The average Bonchev–Trinajstić information content (AvgIpc) is 3.06. The lowest BCUT2D eigenvalue weighted by Gasteiger charge is -2.10. The number of aryl methyl sites for hydroxylation is 1. The lowest BCUT2D eigenvalue weighted by molar-refractivity contribution is 0.104. The number of halogens is 1. The van der Waals surface area contributed by atoms with Gasteiger partial charge in [0, 0.05) is 23.3 Å². The van der Waals surface area contributed by atoms with Crippen LogP contribution in [0.1, 0.15) is 21.5 Å². The largest absolute Gasteiger partial charge is 0.488 e. The van der Waals surface area contributed by atoms with Crippen LogP contribution in [0.2, 0.25) is 0 Å². The fourth-order valence-corrected chi connectivity index (χ4v) is 2.71. The number of hydrogen-bond acceptors (Lipinski definition) is 3. The minimum absolute atomic E-state index is 0.0953. The van der Waals surface area contributed by atoms with Gasteiger partial charge >= 0.3 is 0 Å². The van der Waals surface area contributed by atoms with E-state index in [2.05, 4.69) is 21.0 Å². The van der Waals surface area contributed by atoms with E-state index in [0.29, 0.717) is 12.2 Å². The highest BCUT2D eigenvalue weighted by atomic mass is 79.9. The zero-order chi connectivity index (χ0) is 17.6. The van der Waals surface area contributed by atoms with Crippen molar-refractivity contribution in [3.63, 3.8) is 0 Å². The Morgan fingerprint density at radius 3 is 2.76 bits per heavy atom. The first kappa shape index (κ1) is 17.2. The van der Waals surface area contributed by atoms with Crippen LogP contribution < -0.4 is 4.74 Å². The van der Waals surface area contributed by atoms with Gasteiger partial charge in [-0.1, -0.05) is 46.3 Å². The maximum atomic E-state index is 12.2. The first-order chi connectivity index (χ1) is 12.1. The van der Waals surface area contributed by atoms with Crippen LogP contribution in [0.3, 0.4) is 0 Å². The van der Waals surface area contributed by atoms with E-state index in [1.54, 1.807) is 30.2 Å². The van der Waals surface area contributed by atoms with Gasteiger partial charge in [0.05, 0.1) is 11.8 Å². The van der Waals surface area contributed by atoms with Gasteiger partial charge in [-0.15, -0.1) is 0 Å². The van der Waals surface area contributed by atoms with Crippen LogP contribution in [-0.4, -0.2) is 15.6 Å². The molecule has 0 amide bonds. The zero-order valence-corrected chi connectivity index (χ0v) is 15.3. The molecule has 0 atom stereocenters. The third-order valence-corrected chi connectivity index (χ3v) is 4.11. The molecule has 0 spiro atoms. The maximum absolute atomic E-state index is 12.2. The Labute approximate surface area is 154 Å². The number of carbonyl (C=O) groups is 1. The highest BCUT2D eigenvalue weighted by Gasteiger charge is 2.06. The molecule has 1 heterocycles. The van der Waals surface area contributed by atoms with Gasteiger partial charge in [0.1, 0.15) is 12.4 Å². The predicted molar refractivity (Wildman–Crippen MR) is 101 cm³/mol. The second-order valence-corrected chi connectivity index (χ2v) is 6.47. The summed E-state index contributed by atoms with van der Waals surface area (Å²) in [6.45, 7) is 0.472. The van der Waals surface area contributed by atoms with Crippen molar-refractivity contribution in [2.24, 2.45) is 7.05 Å². The third kappa shape index (κ3) is 4.67. The molecular formula is C20H17BrN2O2. The fourth-order valence-electron chi connectivity index (χ4n) is 2.33. The van der Waals surface area contributed by atoms with Crippen molar-refractivity contribution in [3.05, 3.63) is 88.2 Å². The summed E-state index contributed by atoms with van der Waals surface area (Å²) in [6.07, 6.45) is 6.55. The number of hydrogen-bond donors (Lipinski definition) is 0. The number of aromatic nitrogens is 2. The maximum Gasteiger partial charge on any atom is 0.189 e. The van der Waals surface area contributed by atoms with Crippen LogP contribution in [0.4, 0.5) is 0 Å². The Morgan fingerprint density at radius 2 is 2.04 bits per heavy atom. The van der Waals surface area contributed by atoms with Crippen molar-refractivity contribution in [1.29, 1.82) is 0 Å². The molecule has 2 aromatic carbocycles. The van der Waals surface area contributed by atoms with E-state index in [-0.39, 0.29) is 5.78 Å². The Bertz CT molecular complexity index is 901. The Hall–Kier alpha value is -2.66. The molecule has 0 aliphatic carbocycles. The molecule has 3 aromatic rings. The van der Waals surface area contributed by atoms with E-state index >= 15 is 0 Å².